The van der Waals surface area contributed by atoms with Gasteiger partial charge in [0.1, 0.15) is 0 Å². The van der Waals surface area contributed by atoms with Crippen LogP contribution >= 0.6 is 0 Å². The molecule has 1 N–H and O–H groups in total. The summed E-state index contributed by atoms with van der Waals surface area (Å²) in [7, 11) is 0. The van der Waals surface area contributed by atoms with Crippen LogP contribution in [0.15, 0.2) is 24.3 Å². The molecule has 134 valence electrons. The summed E-state index contributed by atoms with van der Waals surface area (Å²) in [5.74, 6) is -0.0468. The highest BCUT2D eigenvalue weighted by Crippen LogP contribution is 2.53. The van der Waals surface area contributed by atoms with Crippen molar-refractivity contribution in [2.45, 2.75) is 52.0 Å². The maximum atomic E-state index is 12.4. The fraction of sp³-hybridized carbons (Fsp3) is 0.571. The fourth-order valence-electron chi connectivity index (χ4n) is 5.18. The van der Waals surface area contributed by atoms with Gasteiger partial charge in [0.15, 0.2) is 0 Å². The van der Waals surface area contributed by atoms with E-state index in [0.29, 0.717) is 19.1 Å². The molecular weight excluding hydrogens is 312 g/mol. The number of carbonyl (C=O) groups excluding carboxylic acids is 1. The molecule has 0 aliphatic carbocycles. The molecule has 0 radical (unpaired) electrons. The third-order valence-corrected chi connectivity index (χ3v) is 6.34. The van der Waals surface area contributed by atoms with Gasteiger partial charge in [0.25, 0.3) is 0 Å². The maximum Gasteiger partial charge on any atom is 0.306 e. The summed E-state index contributed by atoms with van der Waals surface area (Å²) in [6, 6.07) is 8.90. The van der Waals surface area contributed by atoms with Crippen LogP contribution in [-0.2, 0) is 16.0 Å². The molecular formula is C21H28N2O2. The number of aromatic nitrogens is 1. The zero-order valence-corrected chi connectivity index (χ0v) is 15.3. The molecule has 4 nitrogen and oxygen atoms in total. The van der Waals surface area contributed by atoms with Crippen LogP contribution in [0.2, 0.25) is 0 Å². The smallest absolute Gasteiger partial charge is 0.306 e. The molecule has 0 saturated carbocycles. The van der Waals surface area contributed by atoms with Gasteiger partial charge >= 0.3 is 5.97 Å². The predicted molar refractivity (Wildman–Crippen MR) is 99.5 cm³/mol. The van der Waals surface area contributed by atoms with Gasteiger partial charge < -0.3 is 9.72 Å². The van der Waals surface area contributed by atoms with Gasteiger partial charge in [0, 0.05) is 28.6 Å². The molecule has 2 aromatic rings. The molecule has 1 aromatic carbocycles. The Kier molecular flexibility index (Phi) is 4.32. The van der Waals surface area contributed by atoms with Crippen molar-refractivity contribution in [3.63, 3.8) is 0 Å². The average Bonchev–Trinajstić information content (AvgIpc) is 3.00. The molecule has 2 aliphatic heterocycles. The van der Waals surface area contributed by atoms with Crippen LogP contribution in [0, 0.1) is 5.41 Å². The van der Waals surface area contributed by atoms with Gasteiger partial charge in [-0.2, -0.15) is 0 Å². The highest BCUT2D eigenvalue weighted by Gasteiger charge is 2.48. The second-order valence-electron chi connectivity index (χ2n) is 7.55. The lowest BCUT2D eigenvalue weighted by molar-refractivity contribution is -0.149. The van der Waals surface area contributed by atoms with E-state index in [1.54, 1.807) is 0 Å². The first-order chi connectivity index (χ1) is 12.2. The van der Waals surface area contributed by atoms with Crippen LogP contribution in [-0.4, -0.2) is 35.5 Å². The molecule has 0 unspecified atom stereocenters. The largest absolute Gasteiger partial charge is 0.466 e. The first kappa shape index (κ1) is 16.6. The van der Waals surface area contributed by atoms with E-state index in [-0.39, 0.29) is 11.4 Å². The Hall–Kier alpha value is -1.81. The summed E-state index contributed by atoms with van der Waals surface area (Å²) in [6.07, 6.45) is 4.88. The number of aromatic amines is 1. The van der Waals surface area contributed by atoms with Crippen LogP contribution < -0.4 is 0 Å². The third-order valence-electron chi connectivity index (χ3n) is 6.34. The zero-order chi connectivity index (χ0) is 17.4. The summed E-state index contributed by atoms with van der Waals surface area (Å²) in [4.78, 5) is 18.7. The average molecular weight is 340 g/mol. The van der Waals surface area contributed by atoms with Crippen molar-refractivity contribution in [2.24, 2.45) is 5.41 Å². The second-order valence-corrected chi connectivity index (χ2v) is 7.55. The molecule has 1 saturated heterocycles. The molecule has 1 aromatic heterocycles. The maximum absolute atomic E-state index is 12.4. The van der Waals surface area contributed by atoms with E-state index in [2.05, 4.69) is 41.1 Å². The van der Waals surface area contributed by atoms with Gasteiger partial charge in [0.2, 0.25) is 0 Å². The van der Waals surface area contributed by atoms with Crippen LogP contribution in [0.5, 0.6) is 0 Å². The monoisotopic (exact) mass is 340 g/mol. The number of ether oxygens (including phenoxy) is 1. The van der Waals surface area contributed by atoms with Gasteiger partial charge in [-0.25, -0.2) is 0 Å². The number of benzene rings is 1. The molecule has 4 heteroatoms. The van der Waals surface area contributed by atoms with E-state index >= 15 is 0 Å². The standard InChI is InChI=1S/C21H28N2O2/c1-3-21(14-18(24)25-4-2)11-7-12-23-13-10-16-15-8-5-6-9-17(15)22-19(16)20(21)23/h5-6,8-9,20,22H,3-4,7,10-14H2,1-2H3/t20-,21-/m0/s1. The minimum Gasteiger partial charge on any atom is -0.466 e. The molecule has 3 heterocycles. The lowest BCUT2D eigenvalue weighted by Crippen LogP contribution is -2.50. The van der Waals surface area contributed by atoms with Crippen molar-refractivity contribution >= 4 is 16.9 Å². The normalized spacial score (nSPS) is 26.2. The molecule has 0 amide bonds. The summed E-state index contributed by atoms with van der Waals surface area (Å²) in [5.41, 5.74) is 4.00. The lowest BCUT2D eigenvalue weighted by atomic mass is 9.66. The Bertz CT molecular complexity index is 781. The summed E-state index contributed by atoms with van der Waals surface area (Å²) >= 11 is 0. The Morgan fingerprint density at radius 3 is 2.96 bits per heavy atom. The fourth-order valence-corrected chi connectivity index (χ4v) is 5.18. The van der Waals surface area contributed by atoms with Crippen LogP contribution in [0.3, 0.4) is 0 Å². The number of hydrogen-bond acceptors (Lipinski definition) is 3. The van der Waals surface area contributed by atoms with Crippen molar-refractivity contribution < 1.29 is 9.53 Å². The minimum absolute atomic E-state index is 0.0272. The predicted octanol–water partition coefficient (Wildman–Crippen LogP) is 4.21. The van der Waals surface area contributed by atoms with E-state index in [9.17, 15) is 4.79 Å². The number of nitrogens with one attached hydrogen (secondary N) is 1. The van der Waals surface area contributed by atoms with E-state index in [0.717, 1.165) is 32.4 Å². The highest BCUT2D eigenvalue weighted by molar-refractivity contribution is 5.85. The molecule has 4 rings (SSSR count). The molecule has 1 fully saturated rings. The molecule has 0 spiro atoms. The first-order valence-electron chi connectivity index (χ1n) is 9.67. The number of para-hydroxylation sites is 1. The van der Waals surface area contributed by atoms with Gasteiger partial charge in [-0.1, -0.05) is 25.1 Å². The van der Waals surface area contributed by atoms with Crippen LogP contribution in [0.1, 0.15) is 56.8 Å². The summed E-state index contributed by atoms with van der Waals surface area (Å²) < 4.78 is 5.33. The Morgan fingerprint density at radius 2 is 2.16 bits per heavy atom. The Balaban J connectivity index is 1.80. The third kappa shape index (κ3) is 2.67. The van der Waals surface area contributed by atoms with E-state index < -0.39 is 0 Å². The van der Waals surface area contributed by atoms with Gasteiger partial charge in [0.05, 0.1) is 19.1 Å². The van der Waals surface area contributed by atoms with Gasteiger partial charge in [-0.05, 0) is 50.8 Å². The Morgan fingerprint density at radius 1 is 1.32 bits per heavy atom. The molecule has 25 heavy (non-hydrogen) atoms. The summed E-state index contributed by atoms with van der Waals surface area (Å²) in [6.45, 7) is 6.80. The highest BCUT2D eigenvalue weighted by atomic mass is 16.5. The summed E-state index contributed by atoms with van der Waals surface area (Å²) in [5, 5.41) is 1.35. The molecule has 0 bridgehead atoms. The quantitative estimate of drug-likeness (QED) is 0.848. The van der Waals surface area contributed by atoms with Crippen molar-refractivity contribution in [1.29, 1.82) is 0 Å². The molecule has 2 atom stereocenters. The molecule has 2 aliphatic rings. The number of piperidine rings is 1. The van der Waals surface area contributed by atoms with Crippen LogP contribution in [0.4, 0.5) is 0 Å². The number of nitrogens with zero attached hydrogens (tertiary/aromatic N) is 1. The van der Waals surface area contributed by atoms with Crippen molar-refractivity contribution in [1.82, 2.24) is 9.88 Å². The SMILES string of the molecule is CCOC(=O)C[C@]1(CC)CCCN2CCc3c([nH]c4ccccc34)[C@H]21. The number of fused-ring (bicyclic) bond motifs is 5. The number of rotatable bonds is 4. The van der Waals surface area contributed by atoms with Gasteiger partial charge in [-0.3, -0.25) is 9.69 Å². The lowest BCUT2D eigenvalue weighted by Gasteiger charge is -2.51. The van der Waals surface area contributed by atoms with Crippen LogP contribution in [0.25, 0.3) is 10.9 Å². The number of H-pyrrole nitrogens is 1. The van der Waals surface area contributed by atoms with Crippen molar-refractivity contribution in [3.05, 3.63) is 35.5 Å². The second kappa shape index (κ2) is 6.49. The number of carbonyl (C=O) groups is 1. The van der Waals surface area contributed by atoms with E-state index in [1.165, 1.54) is 28.6 Å². The zero-order valence-electron chi connectivity index (χ0n) is 15.3. The van der Waals surface area contributed by atoms with Crippen molar-refractivity contribution in [3.8, 4) is 0 Å². The number of esters is 1. The van der Waals surface area contributed by atoms with Gasteiger partial charge in [-0.15, -0.1) is 0 Å². The number of hydrogen-bond donors (Lipinski definition) is 1. The minimum atomic E-state index is -0.0468. The topological polar surface area (TPSA) is 45.3 Å². The first-order valence-corrected chi connectivity index (χ1v) is 9.67. The van der Waals surface area contributed by atoms with Crippen molar-refractivity contribution in [2.75, 3.05) is 19.7 Å². The van der Waals surface area contributed by atoms with E-state index in [4.69, 9.17) is 4.74 Å². The Labute approximate surface area is 149 Å². The van der Waals surface area contributed by atoms with E-state index in [1.807, 2.05) is 6.92 Å².